The van der Waals surface area contributed by atoms with Crippen LogP contribution in [0.5, 0.6) is 0 Å². The Labute approximate surface area is 126 Å². The molecular formula is C17H25N3O. The number of nitrogens with two attached hydrogens (primary N) is 1. The molecule has 1 saturated carbocycles. The van der Waals surface area contributed by atoms with Crippen LogP contribution in [0.1, 0.15) is 49.7 Å². The van der Waals surface area contributed by atoms with Crippen LogP contribution in [0.15, 0.2) is 29.4 Å². The fourth-order valence-electron chi connectivity index (χ4n) is 4.01. The Morgan fingerprint density at radius 1 is 1.14 bits per heavy atom. The van der Waals surface area contributed by atoms with Gasteiger partial charge in [0.25, 0.3) is 0 Å². The molecule has 0 bridgehead atoms. The Kier molecular flexibility index (Phi) is 4.15. The first-order chi connectivity index (χ1) is 10.2. The SMILES string of the molecule is NC(=NO)c1ccccc1CN1CCC2(CCCC2)CC1. The highest BCUT2D eigenvalue weighted by Crippen LogP contribution is 2.46. The van der Waals surface area contributed by atoms with E-state index >= 15 is 0 Å². The minimum absolute atomic E-state index is 0.204. The largest absolute Gasteiger partial charge is 0.409 e. The van der Waals surface area contributed by atoms with Gasteiger partial charge in [0, 0.05) is 12.1 Å². The van der Waals surface area contributed by atoms with Crippen molar-refractivity contribution in [3.05, 3.63) is 35.4 Å². The number of hydrogen-bond acceptors (Lipinski definition) is 3. The molecule has 0 amide bonds. The Morgan fingerprint density at radius 3 is 2.48 bits per heavy atom. The van der Waals surface area contributed by atoms with Crippen molar-refractivity contribution in [1.82, 2.24) is 4.90 Å². The predicted octanol–water partition coefficient (Wildman–Crippen LogP) is 2.94. The van der Waals surface area contributed by atoms with E-state index in [9.17, 15) is 0 Å². The van der Waals surface area contributed by atoms with Crippen molar-refractivity contribution in [2.45, 2.75) is 45.1 Å². The van der Waals surface area contributed by atoms with Crippen LogP contribution in [0.25, 0.3) is 0 Å². The lowest BCUT2D eigenvalue weighted by atomic mass is 9.77. The molecule has 0 radical (unpaired) electrons. The first kappa shape index (κ1) is 14.4. The molecule has 1 aliphatic carbocycles. The second kappa shape index (κ2) is 6.06. The number of benzene rings is 1. The molecule has 3 N–H and O–H groups in total. The van der Waals surface area contributed by atoms with Gasteiger partial charge >= 0.3 is 0 Å². The van der Waals surface area contributed by atoms with Gasteiger partial charge in [-0.15, -0.1) is 0 Å². The maximum atomic E-state index is 8.91. The molecular weight excluding hydrogens is 262 g/mol. The topological polar surface area (TPSA) is 61.9 Å². The van der Waals surface area contributed by atoms with Gasteiger partial charge in [-0.3, -0.25) is 4.90 Å². The van der Waals surface area contributed by atoms with Gasteiger partial charge < -0.3 is 10.9 Å². The van der Waals surface area contributed by atoms with Crippen LogP contribution in [0, 0.1) is 5.41 Å². The lowest BCUT2D eigenvalue weighted by Crippen LogP contribution is -2.38. The van der Waals surface area contributed by atoms with Crippen LogP contribution in [0.2, 0.25) is 0 Å². The van der Waals surface area contributed by atoms with Gasteiger partial charge in [-0.1, -0.05) is 42.3 Å². The standard InChI is InChI=1S/C17H25N3O/c18-16(19-21)15-6-2-1-5-14(15)13-20-11-9-17(10-12-20)7-3-4-8-17/h1-2,5-6,21H,3-4,7-13H2,(H2,18,19). The van der Waals surface area contributed by atoms with Crippen LogP contribution >= 0.6 is 0 Å². The van der Waals surface area contributed by atoms with E-state index in [0.717, 1.165) is 17.7 Å². The molecule has 1 saturated heterocycles. The monoisotopic (exact) mass is 287 g/mol. The predicted molar refractivity (Wildman–Crippen MR) is 84.4 cm³/mol. The molecule has 4 heteroatoms. The number of likely N-dealkylation sites (tertiary alicyclic amines) is 1. The number of oxime groups is 1. The quantitative estimate of drug-likeness (QED) is 0.389. The lowest BCUT2D eigenvalue weighted by Gasteiger charge is -2.39. The molecule has 0 atom stereocenters. The fraction of sp³-hybridized carbons (Fsp3) is 0.588. The van der Waals surface area contributed by atoms with Crippen molar-refractivity contribution in [2.75, 3.05) is 13.1 Å². The smallest absolute Gasteiger partial charge is 0.170 e. The van der Waals surface area contributed by atoms with E-state index in [-0.39, 0.29) is 5.84 Å². The fourth-order valence-corrected chi connectivity index (χ4v) is 4.01. The number of piperidine rings is 1. The van der Waals surface area contributed by atoms with Crippen molar-refractivity contribution >= 4 is 5.84 Å². The summed E-state index contributed by atoms with van der Waals surface area (Å²) < 4.78 is 0. The summed E-state index contributed by atoms with van der Waals surface area (Å²) in [6.45, 7) is 3.23. The van der Waals surface area contributed by atoms with Crippen LogP contribution in [0.3, 0.4) is 0 Å². The second-order valence-electron chi connectivity index (χ2n) is 6.63. The summed E-state index contributed by atoms with van der Waals surface area (Å²) in [6, 6.07) is 7.95. The van der Waals surface area contributed by atoms with Gasteiger partial charge in [0.2, 0.25) is 0 Å². The Balaban J connectivity index is 1.66. The number of nitrogens with zero attached hydrogens (tertiary/aromatic N) is 2. The molecule has 21 heavy (non-hydrogen) atoms. The third-order valence-electron chi connectivity index (χ3n) is 5.38. The molecule has 1 heterocycles. The first-order valence-corrected chi connectivity index (χ1v) is 8.01. The van der Waals surface area contributed by atoms with Gasteiger partial charge in [0.05, 0.1) is 0 Å². The third-order valence-corrected chi connectivity index (χ3v) is 5.38. The van der Waals surface area contributed by atoms with E-state index < -0.39 is 0 Å². The van der Waals surface area contributed by atoms with Crippen molar-refractivity contribution in [2.24, 2.45) is 16.3 Å². The van der Waals surface area contributed by atoms with Crippen molar-refractivity contribution in [1.29, 1.82) is 0 Å². The Bertz CT molecular complexity index is 511. The third kappa shape index (κ3) is 3.05. The zero-order valence-electron chi connectivity index (χ0n) is 12.6. The minimum atomic E-state index is 0.204. The summed E-state index contributed by atoms with van der Waals surface area (Å²) in [7, 11) is 0. The molecule has 0 aromatic heterocycles. The Morgan fingerprint density at radius 2 is 1.81 bits per heavy atom. The zero-order valence-corrected chi connectivity index (χ0v) is 12.6. The maximum absolute atomic E-state index is 8.91. The lowest BCUT2D eigenvalue weighted by molar-refractivity contribution is 0.103. The van der Waals surface area contributed by atoms with E-state index in [1.165, 1.54) is 51.6 Å². The van der Waals surface area contributed by atoms with E-state index in [4.69, 9.17) is 10.9 Å². The average Bonchev–Trinajstić information content (AvgIpc) is 2.98. The summed E-state index contributed by atoms with van der Waals surface area (Å²) in [5.41, 5.74) is 8.43. The summed E-state index contributed by atoms with van der Waals surface area (Å²) in [5.74, 6) is 0.204. The number of amidine groups is 1. The molecule has 2 aliphatic rings. The molecule has 1 spiro atoms. The Hall–Kier alpha value is -1.55. The molecule has 2 fully saturated rings. The van der Waals surface area contributed by atoms with E-state index in [2.05, 4.69) is 16.1 Å². The molecule has 1 aliphatic heterocycles. The van der Waals surface area contributed by atoms with Crippen LogP contribution in [0.4, 0.5) is 0 Å². The van der Waals surface area contributed by atoms with E-state index in [1.54, 1.807) is 0 Å². The van der Waals surface area contributed by atoms with Crippen molar-refractivity contribution in [3.63, 3.8) is 0 Å². The summed E-state index contributed by atoms with van der Waals surface area (Å²) in [6.07, 6.45) is 8.37. The minimum Gasteiger partial charge on any atom is -0.409 e. The molecule has 3 rings (SSSR count). The van der Waals surface area contributed by atoms with Crippen LogP contribution in [-0.4, -0.2) is 29.0 Å². The molecule has 1 aromatic carbocycles. The maximum Gasteiger partial charge on any atom is 0.170 e. The second-order valence-corrected chi connectivity index (χ2v) is 6.63. The van der Waals surface area contributed by atoms with E-state index in [1.807, 2.05) is 18.2 Å². The van der Waals surface area contributed by atoms with Gasteiger partial charge in [-0.25, -0.2) is 0 Å². The van der Waals surface area contributed by atoms with Crippen LogP contribution < -0.4 is 5.73 Å². The average molecular weight is 287 g/mol. The molecule has 1 aromatic rings. The van der Waals surface area contributed by atoms with Gasteiger partial charge in [0.15, 0.2) is 5.84 Å². The number of rotatable bonds is 3. The van der Waals surface area contributed by atoms with Crippen molar-refractivity contribution in [3.8, 4) is 0 Å². The number of hydrogen-bond donors (Lipinski definition) is 2. The van der Waals surface area contributed by atoms with Crippen LogP contribution in [-0.2, 0) is 6.54 Å². The summed E-state index contributed by atoms with van der Waals surface area (Å²) in [4.78, 5) is 2.51. The van der Waals surface area contributed by atoms with Gasteiger partial charge in [0.1, 0.15) is 0 Å². The molecule has 4 nitrogen and oxygen atoms in total. The van der Waals surface area contributed by atoms with Crippen molar-refractivity contribution < 1.29 is 5.21 Å². The van der Waals surface area contributed by atoms with Gasteiger partial charge in [-0.2, -0.15) is 0 Å². The highest BCUT2D eigenvalue weighted by molar-refractivity contribution is 5.98. The zero-order chi connectivity index (χ0) is 14.7. The normalized spacial score (nSPS) is 22.8. The molecule has 114 valence electrons. The highest BCUT2D eigenvalue weighted by atomic mass is 16.4. The van der Waals surface area contributed by atoms with Gasteiger partial charge in [-0.05, 0) is 49.8 Å². The molecule has 0 unspecified atom stereocenters. The summed E-state index contributed by atoms with van der Waals surface area (Å²) in [5, 5.41) is 12.1. The highest BCUT2D eigenvalue weighted by Gasteiger charge is 2.36. The van der Waals surface area contributed by atoms with E-state index in [0.29, 0.717) is 5.41 Å². The summed E-state index contributed by atoms with van der Waals surface area (Å²) >= 11 is 0. The first-order valence-electron chi connectivity index (χ1n) is 8.01.